The molecule has 3 aliphatic heterocycles. The molecular formula is C20H33N6O2+. The number of hydrogen-bond acceptors (Lipinski definition) is 5. The number of urea groups is 1. The van der Waals surface area contributed by atoms with Gasteiger partial charge in [0.05, 0.1) is 12.3 Å². The molecule has 3 rings (SSSR count). The van der Waals surface area contributed by atoms with Gasteiger partial charge in [0.1, 0.15) is 6.04 Å². The summed E-state index contributed by atoms with van der Waals surface area (Å²) in [6.07, 6.45) is 6.14. The predicted molar refractivity (Wildman–Crippen MR) is 110 cm³/mol. The summed E-state index contributed by atoms with van der Waals surface area (Å²) in [4.78, 5) is 33.8. The summed E-state index contributed by atoms with van der Waals surface area (Å²) in [6.45, 7) is 9.55. The Bertz CT molecular complexity index is 741. The number of hydrogen-bond donors (Lipinski definition) is 0. The zero-order valence-electron chi connectivity index (χ0n) is 17.8. The Balaban J connectivity index is 1.91. The molecule has 3 heterocycles. The average molecular weight is 390 g/mol. The van der Waals surface area contributed by atoms with Gasteiger partial charge in [0.15, 0.2) is 0 Å². The van der Waals surface area contributed by atoms with Gasteiger partial charge in [-0.3, -0.25) is 14.6 Å². The van der Waals surface area contributed by atoms with Crippen LogP contribution in [0.3, 0.4) is 0 Å². The number of carbonyl (C=O) groups excluding carboxylic acids is 2. The van der Waals surface area contributed by atoms with Gasteiger partial charge in [-0.2, -0.15) is 0 Å². The first-order valence-electron chi connectivity index (χ1n) is 10.6. The van der Waals surface area contributed by atoms with Crippen molar-refractivity contribution in [3.63, 3.8) is 0 Å². The fraction of sp³-hybridized carbons (Fsp3) is 0.750. The van der Waals surface area contributed by atoms with Gasteiger partial charge >= 0.3 is 12.0 Å². The van der Waals surface area contributed by atoms with Crippen LogP contribution in [0.15, 0.2) is 10.1 Å². The summed E-state index contributed by atoms with van der Waals surface area (Å²) in [7, 11) is 1.71. The summed E-state index contributed by atoms with van der Waals surface area (Å²) >= 11 is 0. The maximum Gasteiger partial charge on any atom is 0.416 e. The van der Waals surface area contributed by atoms with Gasteiger partial charge in [-0.25, -0.2) is 9.37 Å². The van der Waals surface area contributed by atoms with Crippen LogP contribution in [0.5, 0.6) is 0 Å². The molecule has 0 radical (unpaired) electrons. The fourth-order valence-electron chi connectivity index (χ4n) is 3.97. The molecule has 28 heavy (non-hydrogen) atoms. The van der Waals surface area contributed by atoms with Gasteiger partial charge in [0, 0.05) is 13.6 Å². The van der Waals surface area contributed by atoms with E-state index in [4.69, 9.17) is 10.1 Å². The Hall–Kier alpha value is -2.25. The van der Waals surface area contributed by atoms with E-state index in [0.717, 1.165) is 50.8 Å². The number of fused-ring (bicyclic) bond motifs is 2. The van der Waals surface area contributed by atoms with Crippen molar-refractivity contribution in [2.24, 2.45) is 10.1 Å². The van der Waals surface area contributed by atoms with E-state index in [1.165, 1.54) is 9.80 Å². The van der Waals surface area contributed by atoms with Gasteiger partial charge in [-0.15, -0.1) is 10.1 Å². The maximum absolute atomic E-state index is 13.3. The van der Waals surface area contributed by atoms with Crippen LogP contribution < -0.4 is 0 Å². The second kappa shape index (κ2) is 8.41. The van der Waals surface area contributed by atoms with Crippen LogP contribution in [0.4, 0.5) is 4.79 Å². The van der Waals surface area contributed by atoms with E-state index in [0.29, 0.717) is 18.3 Å². The number of imide groups is 1. The summed E-state index contributed by atoms with van der Waals surface area (Å²) in [6, 6.07) is -0.862. The van der Waals surface area contributed by atoms with E-state index >= 15 is 0 Å². The number of rotatable bonds is 8. The number of nitrogens with zero attached hydrogens (tertiary/aromatic N) is 6. The smallest absolute Gasteiger partial charge is 0.270 e. The Morgan fingerprint density at radius 3 is 2.32 bits per heavy atom. The molecule has 0 N–H and O–H groups in total. The van der Waals surface area contributed by atoms with Crippen molar-refractivity contribution in [1.82, 2.24) is 14.8 Å². The van der Waals surface area contributed by atoms with Gasteiger partial charge in [0.25, 0.3) is 5.91 Å². The van der Waals surface area contributed by atoms with Crippen molar-refractivity contribution in [1.29, 1.82) is 0 Å². The number of amidine groups is 1. The van der Waals surface area contributed by atoms with E-state index in [2.05, 4.69) is 13.8 Å². The van der Waals surface area contributed by atoms with Crippen molar-refractivity contribution < 1.29 is 14.2 Å². The van der Waals surface area contributed by atoms with E-state index in [1.807, 2.05) is 23.4 Å². The van der Waals surface area contributed by atoms with Crippen molar-refractivity contribution in [3.05, 3.63) is 0 Å². The summed E-state index contributed by atoms with van der Waals surface area (Å²) in [5.41, 5.74) is 0.960. The second-order valence-electron chi connectivity index (χ2n) is 7.87. The maximum atomic E-state index is 13.3. The molecular weight excluding hydrogens is 356 g/mol. The fourth-order valence-corrected chi connectivity index (χ4v) is 3.97. The Kier molecular flexibility index (Phi) is 6.15. The third kappa shape index (κ3) is 3.44. The molecule has 3 aliphatic rings. The normalized spacial score (nSPS) is 24.5. The zero-order chi connectivity index (χ0) is 20.4. The topological polar surface area (TPSA) is 71.6 Å². The van der Waals surface area contributed by atoms with Crippen LogP contribution in [0.1, 0.15) is 66.2 Å². The average Bonchev–Trinajstić information content (AvgIpc) is 3.08. The van der Waals surface area contributed by atoms with Gasteiger partial charge in [0.2, 0.25) is 11.9 Å². The monoisotopic (exact) mass is 389 g/mol. The van der Waals surface area contributed by atoms with Crippen LogP contribution in [-0.2, 0) is 4.79 Å². The lowest BCUT2D eigenvalue weighted by atomic mass is 10.1. The third-order valence-electron chi connectivity index (χ3n) is 5.82. The Morgan fingerprint density at radius 1 is 1.04 bits per heavy atom. The van der Waals surface area contributed by atoms with Crippen LogP contribution >= 0.6 is 0 Å². The first kappa shape index (κ1) is 20.5. The van der Waals surface area contributed by atoms with Crippen LogP contribution in [-0.4, -0.2) is 81.1 Å². The van der Waals surface area contributed by atoms with Crippen LogP contribution in [0.2, 0.25) is 0 Å². The summed E-state index contributed by atoms with van der Waals surface area (Å²) in [5.74, 6) is 1.05. The lowest BCUT2D eigenvalue weighted by molar-refractivity contribution is -0.559. The first-order valence-corrected chi connectivity index (χ1v) is 10.6. The standard InChI is InChI=1S/C20H33N6O2/c1-6-8-10-12-24-18(27)16-17(23(5)20(24)28)21-19-25(13-11-9-7-2)22-14(3)15(4)26(16)19/h15-16H,6-13H2,1-5H3/q+1. The molecule has 8 heteroatoms. The highest BCUT2D eigenvalue weighted by Crippen LogP contribution is 2.26. The highest BCUT2D eigenvalue weighted by Gasteiger charge is 2.55. The van der Waals surface area contributed by atoms with E-state index in [-0.39, 0.29) is 18.0 Å². The van der Waals surface area contributed by atoms with Gasteiger partial charge in [-0.05, 0) is 26.7 Å². The molecule has 0 aliphatic carbocycles. The van der Waals surface area contributed by atoms with Crippen LogP contribution in [0.25, 0.3) is 0 Å². The molecule has 2 unspecified atom stereocenters. The zero-order valence-corrected chi connectivity index (χ0v) is 17.8. The van der Waals surface area contributed by atoms with Crippen molar-refractivity contribution in [3.8, 4) is 0 Å². The lowest BCUT2D eigenvalue weighted by Gasteiger charge is -2.35. The molecule has 3 amide bonds. The Labute approximate surface area is 167 Å². The molecule has 0 spiro atoms. The number of carbonyl (C=O) groups is 2. The van der Waals surface area contributed by atoms with Crippen molar-refractivity contribution >= 4 is 29.4 Å². The molecule has 0 aromatic rings. The Morgan fingerprint density at radius 2 is 1.68 bits per heavy atom. The van der Waals surface area contributed by atoms with Gasteiger partial charge in [-0.1, -0.05) is 44.5 Å². The van der Waals surface area contributed by atoms with Crippen molar-refractivity contribution in [2.75, 3.05) is 20.1 Å². The van der Waals surface area contributed by atoms with Crippen LogP contribution in [0, 0.1) is 0 Å². The highest BCUT2D eigenvalue weighted by molar-refractivity contribution is 6.23. The van der Waals surface area contributed by atoms with E-state index < -0.39 is 6.04 Å². The SMILES string of the molecule is CCCCCN1N=C(C)C(C)[N+]2=C1N=C1C2C(=O)N(CCCCC)C(=O)N1C. The number of hydrazone groups is 1. The molecule has 1 fully saturated rings. The molecule has 8 nitrogen and oxygen atoms in total. The largest absolute Gasteiger partial charge is 0.416 e. The third-order valence-corrected chi connectivity index (χ3v) is 5.82. The van der Waals surface area contributed by atoms with E-state index in [1.54, 1.807) is 7.05 Å². The van der Waals surface area contributed by atoms with Gasteiger partial charge < -0.3 is 0 Å². The number of amides is 3. The van der Waals surface area contributed by atoms with Crippen molar-refractivity contribution in [2.45, 2.75) is 78.3 Å². The minimum absolute atomic E-state index is 0.0354. The molecule has 154 valence electrons. The molecule has 0 saturated carbocycles. The highest BCUT2D eigenvalue weighted by atomic mass is 16.2. The second-order valence-corrected chi connectivity index (χ2v) is 7.87. The number of unbranched alkanes of at least 4 members (excludes halogenated alkanes) is 4. The minimum atomic E-state index is -0.548. The quantitative estimate of drug-likeness (QED) is 0.473. The summed E-state index contributed by atoms with van der Waals surface area (Å²) in [5, 5.41) is 6.63. The number of guanidine groups is 1. The summed E-state index contributed by atoms with van der Waals surface area (Å²) < 4.78 is 2.04. The molecule has 0 aromatic heterocycles. The molecule has 1 saturated heterocycles. The predicted octanol–water partition coefficient (Wildman–Crippen LogP) is 2.49. The minimum Gasteiger partial charge on any atom is -0.270 e. The molecule has 0 aromatic carbocycles. The number of aliphatic imine (C=N–C) groups is 1. The first-order chi connectivity index (χ1) is 13.4. The van der Waals surface area contributed by atoms with E-state index in [9.17, 15) is 9.59 Å². The molecule has 2 atom stereocenters. The lowest BCUT2D eigenvalue weighted by Crippen LogP contribution is -2.64. The molecule has 0 bridgehead atoms. The number of likely N-dealkylation sites (N-methyl/N-ethyl adjacent to an activating group) is 1.